The molecular formula is C21H22N4O. The number of nitrogens with zero attached hydrogens (tertiary/aromatic N) is 2. The first-order valence-corrected chi connectivity index (χ1v) is 8.59. The number of hydrogen-bond acceptors (Lipinski definition) is 4. The van der Waals surface area contributed by atoms with Crippen LogP contribution >= 0.6 is 0 Å². The van der Waals surface area contributed by atoms with Gasteiger partial charge >= 0.3 is 0 Å². The number of aryl methyl sites for hydroxylation is 1. The van der Waals surface area contributed by atoms with Crippen molar-refractivity contribution in [2.75, 3.05) is 10.6 Å². The number of anilines is 3. The maximum Gasteiger partial charge on any atom is 0.258 e. The Hall–Kier alpha value is -3.21. The monoisotopic (exact) mass is 346 g/mol. The van der Waals surface area contributed by atoms with Crippen LogP contribution in [0.15, 0.2) is 60.9 Å². The van der Waals surface area contributed by atoms with E-state index in [2.05, 4.69) is 40.5 Å². The van der Waals surface area contributed by atoms with E-state index in [-0.39, 0.29) is 5.91 Å². The highest BCUT2D eigenvalue weighted by atomic mass is 16.1. The van der Waals surface area contributed by atoms with E-state index in [1.165, 1.54) is 18.0 Å². The number of rotatable bonds is 5. The average Bonchev–Trinajstić information content (AvgIpc) is 2.64. The van der Waals surface area contributed by atoms with Gasteiger partial charge in [0.1, 0.15) is 0 Å². The van der Waals surface area contributed by atoms with E-state index in [9.17, 15) is 4.79 Å². The molecule has 0 aliphatic carbocycles. The van der Waals surface area contributed by atoms with Crippen molar-refractivity contribution in [1.82, 2.24) is 9.97 Å². The molecule has 2 aromatic carbocycles. The van der Waals surface area contributed by atoms with Gasteiger partial charge in [-0.2, -0.15) is 0 Å². The number of carbonyl (C=O) groups is 1. The summed E-state index contributed by atoms with van der Waals surface area (Å²) < 4.78 is 0. The molecule has 26 heavy (non-hydrogen) atoms. The number of para-hydroxylation sites is 2. The van der Waals surface area contributed by atoms with Gasteiger partial charge in [-0.3, -0.25) is 4.79 Å². The van der Waals surface area contributed by atoms with Crippen LogP contribution in [-0.2, 0) is 0 Å². The summed E-state index contributed by atoms with van der Waals surface area (Å²) in [5, 5.41) is 6.11. The van der Waals surface area contributed by atoms with Gasteiger partial charge < -0.3 is 10.6 Å². The van der Waals surface area contributed by atoms with E-state index < -0.39 is 0 Å². The second kappa shape index (κ2) is 7.78. The predicted molar refractivity (Wildman–Crippen MR) is 105 cm³/mol. The molecule has 0 bridgehead atoms. The van der Waals surface area contributed by atoms with Gasteiger partial charge in [0.25, 0.3) is 5.91 Å². The van der Waals surface area contributed by atoms with Gasteiger partial charge in [-0.25, -0.2) is 9.97 Å². The number of amides is 1. The predicted octanol–water partition coefficient (Wildman–Crippen LogP) is 4.90. The zero-order chi connectivity index (χ0) is 18.5. The molecule has 1 heterocycles. The van der Waals surface area contributed by atoms with Crippen molar-refractivity contribution >= 4 is 23.2 Å². The van der Waals surface area contributed by atoms with Crippen molar-refractivity contribution in [2.24, 2.45) is 0 Å². The maximum absolute atomic E-state index is 12.4. The topological polar surface area (TPSA) is 66.9 Å². The van der Waals surface area contributed by atoms with Gasteiger partial charge in [0.2, 0.25) is 5.95 Å². The molecule has 1 aromatic heterocycles. The van der Waals surface area contributed by atoms with Crippen LogP contribution in [0.3, 0.4) is 0 Å². The smallest absolute Gasteiger partial charge is 0.258 e. The van der Waals surface area contributed by atoms with Crippen LogP contribution in [0.4, 0.5) is 17.3 Å². The second-order valence-corrected chi connectivity index (χ2v) is 6.43. The Morgan fingerprint density at radius 2 is 1.54 bits per heavy atom. The van der Waals surface area contributed by atoms with E-state index in [1.54, 1.807) is 0 Å². The number of carbonyl (C=O) groups excluding carboxylic acids is 1. The fourth-order valence-corrected chi connectivity index (χ4v) is 2.65. The van der Waals surface area contributed by atoms with Gasteiger partial charge in [0, 0.05) is 23.8 Å². The minimum absolute atomic E-state index is 0.228. The van der Waals surface area contributed by atoms with Crippen molar-refractivity contribution in [3.63, 3.8) is 0 Å². The SMILES string of the molecule is Cc1ccccc1NC(=O)c1cnc(Nc2ccccc2C(C)C)nc1. The van der Waals surface area contributed by atoms with Crippen LogP contribution in [0.2, 0.25) is 0 Å². The van der Waals surface area contributed by atoms with Crippen LogP contribution in [0.5, 0.6) is 0 Å². The molecule has 0 atom stereocenters. The lowest BCUT2D eigenvalue weighted by Crippen LogP contribution is -2.14. The summed E-state index contributed by atoms with van der Waals surface area (Å²) >= 11 is 0. The average molecular weight is 346 g/mol. The molecule has 0 fully saturated rings. The first-order chi connectivity index (χ1) is 12.5. The third-order valence-corrected chi connectivity index (χ3v) is 4.14. The molecule has 5 heteroatoms. The Morgan fingerprint density at radius 1 is 0.923 bits per heavy atom. The maximum atomic E-state index is 12.4. The van der Waals surface area contributed by atoms with Crippen molar-refractivity contribution in [1.29, 1.82) is 0 Å². The van der Waals surface area contributed by atoms with Gasteiger partial charge in [-0.05, 0) is 36.1 Å². The zero-order valence-corrected chi connectivity index (χ0v) is 15.2. The second-order valence-electron chi connectivity index (χ2n) is 6.43. The van der Waals surface area contributed by atoms with Gasteiger partial charge in [0.15, 0.2) is 0 Å². The summed E-state index contributed by atoms with van der Waals surface area (Å²) in [5.41, 5.74) is 4.36. The molecule has 0 saturated carbocycles. The van der Waals surface area contributed by atoms with Crippen molar-refractivity contribution in [3.05, 3.63) is 77.6 Å². The third kappa shape index (κ3) is 4.06. The summed E-state index contributed by atoms with van der Waals surface area (Å²) in [6.45, 7) is 6.23. The molecule has 0 aliphatic heterocycles. The Balaban J connectivity index is 1.73. The van der Waals surface area contributed by atoms with Crippen molar-refractivity contribution in [2.45, 2.75) is 26.7 Å². The third-order valence-electron chi connectivity index (χ3n) is 4.14. The molecule has 3 aromatic rings. The van der Waals surface area contributed by atoms with E-state index in [4.69, 9.17) is 0 Å². The standard InChI is InChI=1S/C21H22N4O/c1-14(2)17-9-5-7-11-19(17)25-21-22-12-16(13-23-21)20(26)24-18-10-6-4-8-15(18)3/h4-14H,1-3H3,(H,24,26)(H,22,23,25). The molecule has 0 saturated heterocycles. The van der Waals surface area contributed by atoms with Gasteiger partial charge in [-0.1, -0.05) is 50.2 Å². The van der Waals surface area contributed by atoms with Crippen molar-refractivity contribution < 1.29 is 4.79 Å². The van der Waals surface area contributed by atoms with Gasteiger partial charge in [0.05, 0.1) is 5.56 Å². The van der Waals surface area contributed by atoms with E-state index in [0.717, 1.165) is 16.9 Å². The highest BCUT2D eigenvalue weighted by molar-refractivity contribution is 6.04. The Bertz CT molecular complexity index is 904. The Labute approximate surface area is 153 Å². The normalized spacial score (nSPS) is 10.6. The van der Waals surface area contributed by atoms with Crippen LogP contribution in [0.1, 0.15) is 41.3 Å². The Morgan fingerprint density at radius 3 is 2.19 bits per heavy atom. The quantitative estimate of drug-likeness (QED) is 0.689. The summed E-state index contributed by atoms with van der Waals surface area (Å²) in [4.78, 5) is 20.9. The van der Waals surface area contributed by atoms with Crippen molar-refractivity contribution in [3.8, 4) is 0 Å². The molecule has 2 N–H and O–H groups in total. The van der Waals surface area contributed by atoms with Gasteiger partial charge in [-0.15, -0.1) is 0 Å². The summed E-state index contributed by atoms with van der Waals surface area (Å²) in [7, 11) is 0. The number of aromatic nitrogens is 2. The molecule has 0 aliphatic rings. The fraction of sp³-hybridized carbons (Fsp3) is 0.190. The van der Waals surface area contributed by atoms with E-state index >= 15 is 0 Å². The molecular weight excluding hydrogens is 324 g/mol. The van der Waals surface area contributed by atoms with E-state index in [0.29, 0.717) is 17.4 Å². The fourth-order valence-electron chi connectivity index (χ4n) is 2.65. The Kier molecular flexibility index (Phi) is 5.27. The molecule has 5 nitrogen and oxygen atoms in total. The highest BCUT2D eigenvalue weighted by Crippen LogP contribution is 2.25. The number of benzene rings is 2. The van der Waals surface area contributed by atoms with E-state index in [1.807, 2.05) is 49.4 Å². The molecule has 132 valence electrons. The largest absolute Gasteiger partial charge is 0.324 e. The first-order valence-electron chi connectivity index (χ1n) is 8.59. The van der Waals surface area contributed by atoms with Crippen LogP contribution in [-0.4, -0.2) is 15.9 Å². The lowest BCUT2D eigenvalue weighted by atomic mass is 10.0. The molecule has 3 rings (SSSR count). The lowest BCUT2D eigenvalue weighted by molar-refractivity contribution is 0.102. The molecule has 0 radical (unpaired) electrons. The summed E-state index contributed by atoms with van der Waals surface area (Å²) in [5.74, 6) is 0.622. The molecule has 0 unspecified atom stereocenters. The zero-order valence-electron chi connectivity index (χ0n) is 15.2. The summed E-state index contributed by atoms with van der Waals surface area (Å²) in [6, 6.07) is 15.7. The van der Waals surface area contributed by atoms with Crippen LogP contribution in [0, 0.1) is 6.92 Å². The minimum atomic E-state index is -0.228. The number of nitrogens with one attached hydrogen (secondary N) is 2. The van der Waals surface area contributed by atoms with Crippen LogP contribution < -0.4 is 10.6 Å². The first kappa shape index (κ1) is 17.6. The molecule has 1 amide bonds. The molecule has 0 spiro atoms. The van der Waals surface area contributed by atoms with Crippen LogP contribution in [0.25, 0.3) is 0 Å². The minimum Gasteiger partial charge on any atom is -0.324 e. The summed E-state index contributed by atoms with van der Waals surface area (Å²) in [6.07, 6.45) is 3.06. The lowest BCUT2D eigenvalue weighted by Gasteiger charge is -2.13. The number of hydrogen-bond donors (Lipinski definition) is 2. The highest BCUT2D eigenvalue weighted by Gasteiger charge is 2.10.